The molecule has 0 saturated heterocycles. The molecule has 1 fully saturated rings. The molecule has 0 aromatic heterocycles. The number of amides is 1. The van der Waals surface area contributed by atoms with Gasteiger partial charge < -0.3 is 15.2 Å². The van der Waals surface area contributed by atoms with Gasteiger partial charge in [0.2, 0.25) is 5.91 Å². The molecule has 4 nitrogen and oxygen atoms in total. The molecule has 19 heavy (non-hydrogen) atoms. The van der Waals surface area contributed by atoms with Crippen molar-refractivity contribution in [2.24, 2.45) is 0 Å². The van der Waals surface area contributed by atoms with Gasteiger partial charge in [-0.25, -0.2) is 0 Å². The number of hydrogen-bond acceptors (Lipinski definition) is 3. The lowest BCUT2D eigenvalue weighted by Gasteiger charge is -2.25. The summed E-state index contributed by atoms with van der Waals surface area (Å²) in [4.78, 5) is 11.7. The zero-order valence-corrected chi connectivity index (χ0v) is 11.4. The van der Waals surface area contributed by atoms with Crippen LogP contribution in [0.15, 0.2) is 24.3 Å². The van der Waals surface area contributed by atoms with Crippen molar-refractivity contribution in [3.8, 4) is 0 Å². The van der Waals surface area contributed by atoms with E-state index in [1.54, 1.807) is 12.1 Å². The number of carbonyl (C=O) groups excluding carboxylic acids is 1. The first kappa shape index (κ1) is 14.3. The van der Waals surface area contributed by atoms with Crippen molar-refractivity contribution in [1.29, 1.82) is 0 Å². The largest absolute Gasteiger partial charge is 0.393 e. The van der Waals surface area contributed by atoms with Crippen LogP contribution >= 0.6 is 11.6 Å². The van der Waals surface area contributed by atoms with Crippen LogP contribution in [0.3, 0.4) is 0 Å². The molecule has 1 aromatic carbocycles. The lowest BCUT2D eigenvalue weighted by atomic mass is 9.95. The predicted molar refractivity (Wildman–Crippen MR) is 74.3 cm³/mol. The van der Waals surface area contributed by atoms with E-state index in [1.807, 2.05) is 12.1 Å². The number of aliphatic hydroxyl groups is 1. The van der Waals surface area contributed by atoms with Gasteiger partial charge in [0.25, 0.3) is 0 Å². The third-order valence-electron chi connectivity index (χ3n) is 3.24. The molecular weight excluding hydrogens is 266 g/mol. The summed E-state index contributed by atoms with van der Waals surface area (Å²) in [6.45, 7) is 0.0198. The van der Waals surface area contributed by atoms with Crippen molar-refractivity contribution in [3.63, 3.8) is 0 Å². The minimum absolute atomic E-state index is 0.0198. The van der Waals surface area contributed by atoms with Crippen molar-refractivity contribution < 1.29 is 14.6 Å². The molecule has 0 unspecified atom stereocenters. The van der Waals surface area contributed by atoms with Gasteiger partial charge in [0.05, 0.1) is 22.9 Å². The lowest BCUT2D eigenvalue weighted by Crippen LogP contribution is -2.28. The molecule has 1 aliphatic rings. The summed E-state index contributed by atoms with van der Waals surface area (Å²) in [5.41, 5.74) is 0.594. The van der Waals surface area contributed by atoms with Crippen LogP contribution in [0.25, 0.3) is 0 Å². The van der Waals surface area contributed by atoms with E-state index in [2.05, 4.69) is 5.32 Å². The normalized spacial score (nSPS) is 23.1. The van der Waals surface area contributed by atoms with Crippen LogP contribution in [-0.2, 0) is 9.53 Å². The second-order valence-electron chi connectivity index (χ2n) is 4.77. The first-order valence-corrected chi connectivity index (χ1v) is 6.87. The second-order valence-corrected chi connectivity index (χ2v) is 5.18. The molecule has 0 spiro atoms. The van der Waals surface area contributed by atoms with Gasteiger partial charge in [-0.05, 0) is 37.8 Å². The van der Waals surface area contributed by atoms with E-state index in [4.69, 9.17) is 16.3 Å². The third kappa shape index (κ3) is 4.49. The second kappa shape index (κ2) is 6.89. The third-order valence-corrected chi connectivity index (χ3v) is 3.57. The Balaban J connectivity index is 1.74. The standard InChI is InChI=1S/C14H18ClNO3/c15-12-3-1-2-4-13(12)16-14(18)9-19-11-7-5-10(17)6-8-11/h1-4,10-11,17H,5-9H2,(H,16,18). The minimum Gasteiger partial charge on any atom is -0.393 e. The number of hydrogen-bond donors (Lipinski definition) is 2. The SMILES string of the molecule is O=C(COC1CCC(O)CC1)Nc1ccccc1Cl. The predicted octanol–water partition coefficient (Wildman–Crippen LogP) is 2.60. The average Bonchev–Trinajstić information content (AvgIpc) is 2.41. The number of nitrogens with one attached hydrogen (secondary N) is 1. The number of ether oxygens (including phenoxy) is 1. The van der Waals surface area contributed by atoms with Crippen LogP contribution in [0, 0.1) is 0 Å². The highest BCUT2D eigenvalue weighted by Gasteiger charge is 2.20. The zero-order chi connectivity index (χ0) is 13.7. The van der Waals surface area contributed by atoms with Crippen LogP contribution in [0.1, 0.15) is 25.7 Å². The monoisotopic (exact) mass is 283 g/mol. The molecular formula is C14H18ClNO3. The van der Waals surface area contributed by atoms with Crippen molar-refractivity contribution in [1.82, 2.24) is 0 Å². The van der Waals surface area contributed by atoms with Crippen molar-refractivity contribution in [2.75, 3.05) is 11.9 Å². The molecule has 2 rings (SSSR count). The first-order valence-electron chi connectivity index (χ1n) is 6.49. The quantitative estimate of drug-likeness (QED) is 0.893. The van der Waals surface area contributed by atoms with Crippen molar-refractivity contribution in [3.05, 3.63) is 29.3 Å². The zero-order valence-electron chi connectivity index (χ0n) is 10.6. The topological polar surface area (TPSA) is 58.6 Å². The summed E-state index contributed by atoms with van der Waals surface area (Å²) in [6, 6.07) is 7.09. The van der Waals surface area contributed by atoms with E-state index in [-0.39, 0.29) is 24.7 Å². The Labute approximate surface area is 117 Å². The van der Waals surface area contributed by atoms with Crippen LogP contribution in [0.5, 0.6) is 0 Å². The maximum atomic E-state index is 11.7. The number of aliphatic hydroxyl groups excluding tert-OH is 1. The molecule has 1 aromatic rings. The van der Waals surface area contributed by atoms with Gasteiger partial charge >= 0.3 is 0 Å². The summed E-state index contributed by atoms with van der Waals surface area (Å²) < 4.78 is 5.54. The Bertz CT molecular complexity index is 430. The molecule has 2 N–H and O–H groups in total. The van der Waals surface area contributed by atoms with Gasteiger partial charge in [0, 0.05) is 0 Å². The molecule has 0 aliphatic heterocycles. The summed E-state index contributed by atoms with van der Waals surface area (Å²) in [7, 11) is 0. The molecule has 5 heteroatoms. The van der Waals surface area contributed by atoms with Gasteiger partial charge in [-0.2, -0.15) is 0 Å². The Morgan fingerprint density at radius 3 is 2.68 bits per heavy atom. The minimum atomic E-state index is -0.211. The van der Waals surface area contributed by atoms with E-state index < -0.39 is 0 Å². The number of anilines is 1. The smallest absolute Gasteiger partial charge is 0.250 e. The maximum absolute atomic E-state index is 11.7. The summed E-state index contributed by atoms with van der Waals surface area (Å²) in [6.07, 6.45) is 2.96. The highest BCUT2D eigenvalue weighted by molar-refractivity contribution is 6.33. The molecule has 1 amide bonds. The summed E-state index contributed by atoms with van der Waals surface area (Å²) in [5.74, 6) is -0.209. The Hall–Kier alpha value is -1.10. The molecule has 0 bridgehead atoms. The fourth-order valence-corrected chi connectivity index (χ4v) is 2.34. The Morgan fingerprint density at radius 2 is 2.00 bits per heavy atom. The van der Waals surface area contributed by atoms with E-state index in [0.717, 1.165) is 25.7 Å². The van der Waals surface area contributed by atoms with Gasteiger partial charge in [0.1, 0.15) is 6.61 Å². The van der Waals surface area contributed by atoms with Gasteiger partial charge in [-0.3, -0.25) is 4.79 Å². The van der Waals surface area contributed by atoms with Gasteiger partial charge in [-0.1, -0.05) is 23.7 Å². The van der Waals surface area contributed by atoms with Crippen LogP contribution in [0.4, 0.5) is 5.69 Å². The molecule has 0 atom stereocenters. The van der Waals surface area contributed by atoms with Crippen LogP contribution < -0.4 is 5.32 Å². The molecule has 0 heterocycles. The van der Waals surface area contributed by atoms with E-state index in [1.165, 1.54) is 0 Å². The van der Waals surface area contributed by atoms with Crippen LogP contribution in [-0.4, -0.2) is 29.8 Å². The number of benzene rings is 1. The van der Waals surface area contributed by atoms with Gasteiger partial charge in [0.15, 0.2) is 0 Å². The number of carbonyl (C=O) groups is 1. The number of para-hydroxylation sites is 1. The Kier molecular flexibility index (Phi) is 5.19. The number of halogens is 1. The summed E-state index contributed by atoms with van der Waals surface area (Å²) >= 11 is 5.95. The summed E-state index contributed by atoms with van der Waals surface area (Å²) in [5, 5.41) is 12.6. The lowest BCUT2D eigenvalue weighted by molar-refractivity contribution is -0.123. The molecule has 1 saturated carbocycles. The maximum Gasteiger partial charge on any atom is 0.250 e. The van der Waals surface area contributed by atoms with Crippen molar-refractivity contribution in [2.45, 2.75) is 37.9 Å². The fraction of sp³-hybridized carbons (Fsp3) is 0.500. The molecule has 1 aliphatic carbocycles. The average molecular weight is 284 g/mol. The fourth-order valence-electron chi connectivity index (χ4n) is 2.15. The molecule has 104 valence electrons. The van der Waals surface area contributed by atoms with Gasteiger partial charge in [-0.15, -0.1) is 0 Å². The molecule has 0 radical (unpaired) electrons. The van der Waals surface area contributed by atoms with E-state index >= 15 is 0 Å². The Morgan fingerprint density at radius 1 is 1.32 bits per heavy atom. The highest BCUT2D eigenvalue weighted by atomic mass is 35.5. The van der Waals surface area contributed by atoms with E-state index in [9.17, 15) is 9.90 Å². The number of rotatable bonds is 4. The highest BCUT2D eigenvalue weighted by Crippen LogP contribution is 2.22. The van der Waals surface area contributed by atoms with Crippen LogP contribution in [0.2, 0.25) is 5.02 Å². The van der Waals surface area contributed by atoms with Crippen molar-refractivity contribution >= 4 is 23.2 Å². The first-order chi connectivity index (χ1) is 9.15. The van der Waals surface area contributed by atoms with E-state index in [0.29, 0.717) is 10.7 Å².